The molecule has 0 N–H and O–H groups in total. The molecule has 0 atom stereocenters. The third-order valence-corrected chi connectivity index (χ3v) is 3.66. The number of alkyl halides is 1. The maximum Gasteiger partial charge on any atom is 0.0648 e. The van der Waals surface area contributed by atoms with E-state index < -0.39 is 0 Å². The summed E-state index contributed by atoms with van der Waals surface area (Å²) in [4.78, 5) is 6.54. The SMILES string of the molecule is CN(CC1CCCC1)c1ccnc(CCl)c1. The van der Waals surface area contributed by atoms with Crippen LogP contribution in [0, 0.1) is 5.92 Å². The lowest BCUT2D eigenvalue weighted by Crippen LogP contribution is -2.24. The van der Waals surface area contributed by atoms with Crippen molar-refractivity contribution in [3.05, 3.63) is 24.0 Å². The summed E-state index contributed by atoms with van der Waals surface area (Å²) in [5, 5.41) is 0. The molecule has 1 fully saturated rings. The van der Waals surface area contributed by atoms with E-state index in [2.05, 4.69) is 29.1 Å². The fourth-order valence-electron chi connectivity index (χ4n) is 2.46. The molecule has 2 rings (SSSR count). The van der Waals surface area contributed by atoms with Gasteiger partial charge in [0.25, 0.3) is 0 Å². The number of nitrogens with zero attached hydrogens (tertiary/aromatic N) is 2. The molecule has 1 saturated carbocycles. The predicted octanol–water partition coefficient (Wildman–Crippen LogP) is 3.45. The number of rotatable bonds is 4. The zero-order chi connectivity index (χ0) is 11.4. The molecule has 0 aromatic carbocycles. The number of hydrogen-bond acceptors (Lipinski definition) is 2. The fourth-order valence-corrected chi connectivity index (χ4v) is 2.61. The monoisotopic (exact) mass is 238 g/mol. The second-order valence-corrected chi connectivity index (χ2v) is 4.94. The van der Waals surface area contributed by atoms with Crippen molar-refractivity contribution in [3.8, 4) is 0 Å². The van der Waals surface area contributed by atoms with Gasteiger partial charge in [-0.2, -0.15) is 0 Å². The molecule has 88 valence electrons. The van der Waals surface area contributed by atoms with Gasteiger partial charge >= 0.3 is 0 Å². The minimum Gasteiger partial charge on any atom is -0.374 e. The number of pyridine rings is 1. The molecule has 0 saturated heterocycles. The fraction of sp³-hybridized carbons (Fsp3) is 0.615. The molecular formula is C13H19ClN2. The zero-order valence-corrected chi connectivity index (χ0v) is 10.6. The van der Waals surface area contributed by atoms with Gasteiger partial charge in [0.1, 0.15) is 0 Å². The number of halogens is 1. The summed E-state index contributed by atoms with van der Waals surface area (Å²) in [5.74, 6) is 1.36. The Morgan fingerprint density at radius 1 is 1.44 bits per heavy atom. The van der Waals surface area contributed by atoms with Crippen LogP contribution in [0.4, 0.5) is 5.69 Å². The third-order valence-electron chi connectivity index (χ3n) is 3.38. The van der Waals surface area contributed by atoms with Crippen molar-refractivity contribution in [3.63, 3.8) is 0 Å². The van der Waals surface area contributed by atoms with E-state index in [-0.39, 0.29) is 0 Å². The summed E-state index contributed by atoms with van der Waals surface area (Å²) in [6.45, 7) is 1.16. The molecule has 0 radical (unpaired) electrons. The Balaban J connectivity index is 1.98. The highest BCUT2D eigenvalue weighted by Crippen LogP contribution is 2.26. The van der Waals surface area contributed by atoms with Gasteiger partial charge in [0.2, 0.25) is 0 Å². The van der Waals surface area contributed by atoms with E-state index in [1.807, 2.05) is 6.20 Å². The van der Waals surface area contributed by atoms with Crippen LogP contribution in [0.25, 0.3) is 0 Å². The quantitative estimate of drug-likeness (QED) is 0.747. The van der Waals surface area contributed by atoms with Gasteiger partial charge in [-0.1, -0.05) is 12.8 Å². The van der Waals surface area contributed by atoms with E-state index in [4.69, 9.17) is 11.6 Å². The van der Waals surface area contributed by atoms with Gasteiger partial charge in [-0.3, -0.25) is 4.98 Å². The second-order valence-electron chi connectivity index (χ2n) is 4.67. The van der Waals surface area contributed by atoms with E-state index in [0.29, 0.717) is 5.88 Å². The Kier molecular flexibility index (Phi) is 4.05. The third kappa shape index (κ3) is 2.88. The number of anilines is 1. The summed E-state index contributed by atoms with van der Waals surface area (Å²) < 4.78 is 0. The minimum atomic E-state index is 0.491. The normalized spacial score (nSPS) is 16.6. The van der Waals surface area contributed by atoms with E-state index in [9.17, 15) is 0 Å². The second kappa shape index (κ2) is 5.53. The highest BCUT2D eigenvalue weighted by molar-refractivity contribution is 6.16. The zero-order valence-electron chi connectivity index (χ0n) is 9.82. The van der Waals surface area contributed by atoms with Crippen molar-refractivity contribution in [2.75, 3.05) is 18.5 Å². The van der Waals surface area contributed by atoms with Gasteiger partial charge in [-0.25, -0.2) is 0 Å². The maximum atomic E-state index is 5.79. The standard InChI is InChI=1S/C13H19ClN2/c1-16(10-11-4-2-3-5-11)13-6-7-15-12(8-13)9-14/h6-8,11H,2-5,9-10H2,1H3. The van der Waals surface area contributed by atoms with Gasteiger partial charge in [-0.15, -0.1) is 11.6 Å². The van der Waals surface area contributed by atoms with E-state index in [1.54, 1.807) is 0 Å². The molecule has 0 spiro atoms. The molecule has 1 aromatic rings. The first-order valence-corrected chi connectivity index (χ1v) is 6.55. The lowest BCUT2D eigenvalue weighted by molar-refractivity contribution is 0.547. The Bertz CT molecular complexity index is 334. The summed E-state index contributed by atoms with van der Waals surface area (Å²) in [6, 6.07) is 4.15. The van der Waals surface area contributed by atoms with Crippen molar-refractivity contribution in [1.82, 2.24) is 4.98 Å². The van der Waals surface area contributed by atoms with Crippen LogP contribution < -0.4 is 4.90 Å². The Morgan fingerprint density at radius 3 is 2.88 bits per heavy atom. The van der Waals surface area contributed by atoms with Gasteiger partial charge in [0, 0.05) is 25.5 Å². The summed E-state index contributed by atoms with van der Waals surface area (Å²) in [5.41, 5.74) is 2.19. The van der Waals surface area contributed by atoms with Crippen molar-refractivity contribution in [1.29, 1.82) is 0 Å². The van der Waals surface area contributed by atoms with E-state index >= 15 is 0 Å². The molecule has 3 heteroatoms. The molecule has 2 nitrogen and oxygen atoms in total. The summed E-state index contributed by atoms with van der Waals surface area (Å²) in [6.07, 6.45) is 7.43. The van der Waals surface area contributed by atoms with Crippen molar-refractivity contribution in [2.24, 2.45) is 5.92 Å². The largest absolute Gasteiger partial charge is 0.374 e. The van der Waals surface area contributed by atoms with Crippen LogP contribution >= 0.6 is 11.6 Å². The lowest BCUT2D eigenvalue weighted by atomic mass is 10.1. The van der Waals surface area contributed by atoms with Crippen LogP contribution in [0.3, 0.4) is 0 Å². The van der Waals surface area contributed by atoms with Gasteiger partial charge < -0.3 is 4.90 Å². The molecule has 0 amide bonds. The predicted molar refractivity (Wildman–Crippen MR) is 69.0 cm³/mol. The van der Waals surface area contributed by atoms with Crippen LogP contribution in [-0.4, -0.2) is 18.6 Å². The Hall–Kier alpha value is -0.760. The minimum absolute atomic E-state index is 0.491. The van der Waals surface area contributed by atoms with E-state index in [0.717, 1.165) is 18.2 Å². The van der Waals surface area contributed by atoms with Crippen LogP contribution in [0.1, 0.15) is 31.4 Å². The topological polar surface area (TPSA) is 16.1 Å². The van der Waals surface area contributed by atoms with Gasteiger partial charge in [0.05, 0.1) is 11.6 Å². The van der Waals surface area contributed by atoms with E-state index in [1.165, 1.54) is 31.4 Å². The first-order valence-electron chi connectivity index (χ1n) is 6.01. The Morgan fingerprint density at radius 2 is 2.19 bits per heavy atom. The summed E-state index contributed by atoms with van der Waals surface area (Å²) >= 11 is 5.79. The molecule has 0 bridgehead atoms. The average molecular weight is 239 g/mol. The van der Waals surface area contributed by atoms with Crippen LogP contribution in [0.5, 0.6) is 0 Å². The smallest absolute Gasteiger partial charge is 0.0648 e. The first kappa shape index (κ1) is 11.7. The van der Waals surface area contributed by atoms with Crippen LogP contribution in [0.15, 0.2) is 18.3 Å². The van der Waals surface area contributed by atoms with Crippen molar-refractivity contribution < 1.29 is 0 Å². The molecule has 1 heterocycles. The molecule has 1 aliphatic rings. The van der Waals surface area contributed by atoms with Gasteiger partial charge in [0.15, 0.2) is 0 Å². The highest BCUT2D eigenvalue weighted by Gasteiger charge is 2.17. The lowest BCUT2D eigenvalue weighted by Gasteiger charge is -2.23. The highest BCUT2D eigenvalue weighted by atomic mass is 35.5. The number of hydrogen-bond donors (Lipinski definition) is 0. The molecule has 1 aromatic heterocycles. The summed E-state index contributed by atoms with van der Waals surface area (Å²) in [7, 11) is 2.16. The van der Waals surface area contributed by atoms with Crippen molar-refractivity contribution >= 4 is 17.3 Å². The molecule has 1 aliphatic carbocycles. The van der Waals surface area contributed by atoms with Crippen LogP contribution in [-0.2, 0) is 5.88 Å². The Labute approximate surface area is 103 Å². The number of aromatic nitrogens is 1. The molecule has 0 unspecified atom stereocenters. The first-order chi connectivity index (χ1) is 7.79. The maximum absolute atomic E-state index is 5.79. The average Bonchev–Trinajstić information content (AvgIpc) is 2.82. The van der Waals surface area contributed by atoms with Crippen molar-refractivity contribution in [2.45, 2.75) is 31.6 Å². The van der Waals surface area contributed by atoms with Gasteiger partial charge in [-0.05, 0) is 30.9 Å². The molecule has 0 aliphatic heterocycles. The van der Waals surface area contributed by atoms with Crippen LogP contribution in [0.2, 0.25) is 0 Å². The molecule has 16 heavy (non-hydrogen) atoms. The molecular weight excluding hydrogens is 220 g/mol.